The van der Waals surface area contributed by atoms with Crippen LogP contribution in [-0.4, -0.2) is 29.0 Å². The molecule has 2 heterocycles. The number of benzene rings is 2. The first kappa shape index (κ1) is 18.5. The fraction of sp³-hybridized carbons (Fsp3) is 0.286. The van der Waals surface area contributed by atoms with Crippen molar-refractivity contribution in [2.45, 2.75) is 25.4 Å². The van der Waals surface area contributed by atoms with Gasteiger partial charge in [0.1, 0.15) is 12.4 Å². The Hall–Kier alpha value is -2.30. The zero-order valence-corrected chi connectivity index (χ0v) is 15.5. The summed E-state index contributed by atoms with van der Waals surface area (Å²) in [4.78, 5) is 0. The average Bonchev–Trinajstić information content (AvgIpc) is 3.34. The maximum Gasteiger partial charge on any atom is 0.119 e. The Morgan fingerprint density at radius 2 is 1.85 bits per heavy atom. The summed E-state index contributed by atoms with van der Waals surface area (Å²) in [5.74, 6) is 0.933. The van der Waals surface area contributed by atoms with E-state index < -0.39 is 0 Å². The molecule has 0 saturated carbocycles. The third-order valence-corrected chi connectivity index (χ3v) is 4.59. The number of halogens is 1. The lowest BCUT2D eigenvalue weighted by atomic mass is 10.2. The van der Waals surface area contributed by atoms with Gasteiger partial charge in [0.15, 0.2) is 0 Å². The van der Waals surface area contributed by atoms with Gasteiger partial charge in [-0.05, 0) is 43.1 Å². The number of hydrogen-bond donors (Lipinski definition) is 1. The Bertz CT molecular complexity index is 796. The van der Waals surface area contributed by atoms with Gasteiger partial charge in [0.05, 0.1) is 12.2 Å². The second-order valence-corrected chi connectivity index (χ2v) is 6.51. The van der Waals surface area contributed by atoms with Crippen molar-refractivity contribution in [3.8, 4) is 17.0 Å². The Morgan fingerprint density at radius 1 is 1.04 bits per heavy atom. The van der Waals surface area contributed by atoms with Crippen molar-refractivity contribution in [3.05, 3.63) is 72.4 Å². The summed E-state index contributed by atoms with van der Waals surface area (Å²) in [5, 5.41) is 8.11. The minimum Gasteiger partial charge on any atom is -0.492 e. The summed E-state index contributed by atoms with van der Waals surface area (Å²) in [5.41, 5.74) is 3.36. The number of hydrogen-bond acceptors (Lipinski definition) is 3. The lowest BCUT2D eigenvalue weighted by Gasteiger charge is -2.12. The van der Waals surface area contributed by atoms with Crippen LogP contribution >= 0.6 is 12.4 Å². The first-order valence-corrected chi connectivity index (χ1v) is 8.91. The zero-order chi connectivity index (χ0) is 16.9. The van der Waals surface area contributed by atoms with Crippen LogP contribution in [0.1, 0.15) is 18.4 Å². The summed E-state index contributed by atoms with van der Waals surface area (Å²) >= 11 is 0. The third-order valence-electron chi connectivity index (χ3n) is 4.59. The first-order valence-electron chi connectivity index (χ1n) is 8.91. The van der Waals surface area contributed by atoms with Crippen LogP contribution in [0, 0.1) is 0 Å². The Morgan fingerprint density at radius 3 is 2.58 bits per heavy atom. The Labute approximate surface area is 160 Å². The molecule has 1 aliphatic rings. The molecule has 5 heteroatoms. The average molecular weight is 370 g/mol. The van der Waals surface area contributed by atoms with Crippen molar-refractivity contribution in [3.63, 3.8) is 0 Å². The molecular weight excluding hydrogens is 346 g/mol. The molecular formula is C21H24ClN3O. The molecule has 3 aromatic rings. The van der Waals surface area contributed by atoms with E-state index in [1.165, 1.54) is 18.4 Å². The second-order valence-electron chi connectivity index (χ2n) is 6.51. The normalized spacial score (nSPS) is 16.2. The summed E-state index contributed by atoms with van der Waals surface area (Å²) in [6.07, 6.45) is 4.49. The van der Waals surface area contributed by atoms with Crippen molar-refractivity contribution >= 4 is 12.4 Å². The fourth-order valence-electron chi connectivity index (χ4n) is 3.19. The molecule has 1 N–H and O–H groups in total. The zero-order valence-electron chi connectivity index (χ0n) is 14.7. The van der Waals surface area contributed by atoms with Crippen molar-refractivity contribution < 1.29 is 4.74 Å². The highest BCUT2D eigenvalue weighted by atomic mass is 35.5. The van der Waals surface area contributed by atoms with E-state index in [0.29, 0.717) is 6.04 Å². The van der Waals surface area contributed by atoms with Crippen LogP contribution in [0.3, 0.4) is 0 Å². The molecule has 0 amide bonds. The van der Waals surface area contributed by atoms with Crippen molar-refractivity contribution in [2.75, 3.05) is 13.2 Å². The van der Waals surface area contributed by atoms with Gasteiger partial charge in [0, 0.05) is 17.8 Å². The summed E-state index contributed by atoms with van der Waals surface area (Å²) in [6, 6.07) is 21.1. The topological polar surface area (TPSA) is 39.1 Å². The van der Waals surface area contributed by atoms with Crippen molar-refractivity contribution in [1.82, 2.24) is 15.1 Å². The Balaban J connectivity index is 0.00000196. The van der Waals surface area contributed by atoms with E-state index in [2.05, 4.69) is 40.7 Å². The summed E-state index contributed by atoms with van der Waals surface area (Å²) in [7, 11) is 0. The second kappa shape index (κ2) is 8.88. The molecule has 0 spiro atoms. The first-order chi connectivity index (χ1) is 12.4. The number of nitrogens with zero attached hydrogens (tertiary/aromatic N) is 2. The smallest absolute Gasteiger partial charge is 0.119 e. The molecule has 1 unspecified atom stereocenters. The van der Waals surface area contributed by atoms with Gasteiger partial charge in [-0.15, -0.1) is 12.4 Å². The predicted octanol–water partition coefficient (Wildman–Crippen LogP) is 4.15. The van der Waals surface area contributed by atoms with Gasteiger partial charge in [-0.2, -0.15) is 5.10 Å². The predicted molar refractivity (Wildman–Crippen MR) is 107 cm³/mol. The lowest BCUT2D eigenvalue weighted by molar-refractivity contribution is 0.277. The van der Waals surface area contributed by atoms with E-state index in [0.717, 1.165) is 36.7 Å². The van der Waals surface area contributed by atoms with Gasteiger partial charge in [-0.25, -0.2) is 0 Å². The highest BCUT2D eigenvalue weighted by Crippen LogP contribution is 2.18. The van der Waals surface area contributed by atoms with Crippen LogP contribution < -0.4 is 10.1 Å². The minimum atomic E-state index is 0. The van der Waals surface area contributed by atoms with Gasteiger partial charge < -0.3 is 10.1 Å². The SMILES string of the molecule is Cl.c1ccc(-c2ccn(Cc3ccc(OCC4CCCN4)cc3)n2)cc1. The molecule has 4 nitrogen and oxygen atoms in total. The van der Waals surface area contributed by atoms with Crippen LogP contribution in [0.4, 0.5) is 0 Å². The molecule has 0 bridgehead atoms. The van der Waals surface area contributed by atoms with E-state index in [4.69, 9.17) is 4.74 Å². The van der Waals surface area contributed by atoms with Gasteiger partial charge in [0.2, 0.25) is 0 Å². The maximum atomic E-state index is 5.87. The third kappa shape index (κ3) is 4.65. The molecule has 136 valence electrons. The van der Waals surface area contributed by atoms with Crippen LogP contribution in [-0.2, 0) is 6.54 Å². The highest BCUT2D eigenvalue weighted by molar-refractivity contribution is 5.85. The molecule has 1 fully saturated rings. The molecule has 0 radical (unpaired) electrons. The molecule has 1 aromatic heterocycles. The van der Waals surface area contributed by atoms with Crippen molar-refractivity contribution in [1.29, 1.82) is 0 Å². The van der Waals surface area contributed by atoms with Crippen LogP contribution in [0.15, 0.2) is 66.9 Å². The van der Waals surface area contributed by atoms with Crippen LogP contribution in [0.2, 0.25) is 0 Å². The highest BCUT2D eigenvalue weighted by Gasteiger charge is 2.14. The molecule has 2 aromatic carbocycles. The van der Waals surface area contributed by atoms with E-state index in [1.807, 2.05) is 41.2 Å². The minimum absolute atomic E-state index is 0. The quantitative estimate of drug-likeness (QED) is 0.709. The van der Waals surface area contributed by atoms with E-state index in [1.54, 1.807) is 0 Å². The van der Waals surface area contributed by atoms with Gasteiger partial charge in [0.25, 0.3) is 0 Å². The lowest BCUT2D eigenvalue weighted by Crippen LogP contribution is -2.28. The van der Waals surface area contributed by atoms with Gasteiger partial charge >= 0.3 is 0 Å². The molecule has 4 rings (SSSR count). The largest absolute Gasteiger partial charge is 0.492 e. The van der Waals surface area contributed by atoms with Crippen molar-refractivity contribution in [2.24, 2.45) is 0 Å². The number of rotatable bonds is 6. The summed E-state index contributed by atoms with van der Waals surface area (Å²) in [6.45, 7) is 2.62. The summed E-state index contributed by atoms with van der Waals surface area (Å²) < 4.78 is 7.85. The molecule has 0 aliphatic carbocycles. The number of aromatic nitrogens is 2. The molecule has 1 aliphatic heterocycles. The number of nitrogens with one attached hydrogen (secondary N) is 1. The number of ether oxygens (including phenoxy) is 1. The maximum absolute atomic E-state index is 5.87. The van der Waals surface area contributed by atoms with E-state index in [9.17, 15) is 0 Å². The van der Waals surface area contributed by atoms with E-state index in [-0.39, 0.29) is 12.4 Å². The van der Waals surface area contributed by atoms with Crippen LogP contribution in [0.5, 0.6) is 5.75 Å². The van der Waals surface area contributed by atoms with Gasteiger partial charge in [-0.3, -0.25) is 4.68 Å². The fourth-order valence-corrected chi connectivity index (χ4v) is 3.19. The standard InChI is InChI=1S/C21H23N3O.ClH/c1-2-5-18(6-3-1)21-12-14-24(23-21)15-17-8-10-20(11-9-17)25-16-19-7-4-13-22-19;/h1-3,5-6,8-12,14,19,22H,4,7,13,15-16H2;1H. The molecule has 1 saturated heterocycles. The monoisotopic (exact) mass is 369 g/mol. The molecule has 26 heavy (non-hydrogen) atoms. The van der Waals surface area contributed by atoms with E-state index >= 15 is 0 Å². The Kier molecular flexibility index (Phi) is 6.31. The van der Waals surface area contributed by atoms with Crippen LogP contribution in [0.25, 0.3) is 11.3 Å². The molecule has 1 atom stereocenters. The van der Waals surface area contributed by atoms with Gasteiger partial charge in [-0.1, -0.05) is 42.5 Å².